The van der Waals surface area contributed by atoms with E-state index in [1.807, 2.05) is 27.8 Å². The molecule has 2 unspecified atom stereocenters. The van der Waals surface area contributed by atoms with Gasteiger partial charge in [-0.1, -0.05) is 25.0 Å². The Labute approximate surface area is 175 Å². The lowest BCUT2D eigenvalue weighted by Gasteiger charge is -2.37. The highest BCUT2D eigenvalue weighted by Gasteiger charge is 2.37. The minimum atomic E-state index is -0.499. The molecule has 2 aliphatic rings. The number of nitroso groups, excluding NO2 is 2. The van der Waals surface area contributed by atoms with Crippen LogP contribution in [0.25, 0.3) is 0 Å². The summed E-state index contributed by atoms with van der Waals surface area (Å²) in [5, 5.41) is 7.98. The van der Waals surface area contributed by atoms with Crippen molar-refractivity contribution in [2.75, 3.05) is 40.3 Å². The fourth-order valence-electron chi connectivity index (χ4n) is 3.33. The van der Waals surface area contributed by atoms with Crippen LogP contribution in [0.2, 0.25) is 0 Å². The van der Waals surface area contributed by atoms with Crippen molar-refractivity contribution in [3.05, 3.63) is 22.5 Å². The summed E-state index contributed by atoms with van der Waals surface area (Å²) in [6.07, 6.45) is 3.67. The topological polar surface area (TPSA) is 112 Å². The number of hydrogen-bond donors (Lipinski definition) is 0. The molecule has 29 heavy (non-hydrogen) atoms. The number of rotatable bonds is 4. The first-order chi connectivity index (χ1) is 13.6. The Morgan fingerprint density at radius 1 is 1.24 bits per heavy atom. The third-order valence-electron chi connectivity index (χ3n) is 5.05. The van der Waals surface area contributed by atoms with Gasteiger partial charge in [-0.15, -0.1) is 16.4 Å². The Morgan fingerprint density at radius 3 is 2.31 bits per heavy atom. The monoisotopic (exact) mass is 410 g/mol. The number of carbonyl (C=O) groups is 2. The summed E-state index contributed by atoms with van der Waals surface area (Å²) in [5.74, 6) is 0.721. The molecule has 2 heterocycles. The highest BCUT2D eigenvalue weighted by molar-refractivity contribution is 5.87. The van der Waals surface area contributed by atoms with Crippen molar-refractivity contribution in [1.82, 2.24) is 9.80 Å². The number of Topliss-reactive ketones (excluding diaryl/α,β-unsaturated/α-hetero) is 2. The second kappa shape index (κ2) is 13.9. The summed E-state index contributed by atoms with van der Waals surface area (Å²) in [7, 11) is 4.01. The number of allylic oxidation sites excluding steroid dienone is 1. The van der Waals surface area contributed by atoms with E-state index in [0.717, 1.165) is 26.1 Å². The van der Waals surface area contributed by atoms with Crippen LogP contribution in [0.5, 0.6) is 0 Å². The molecule has 0 bridgehead atoms. The molecule has 2 rings (SSSR count). The molecule has 2 atom stereocenters. The average molecular weight is 411 g/mol. The third kappa shape index (κ3) is 10.3. The molecule has 2 saturated heterocycles. The first-order valence-electron chi connectivity index (χ1n) is 9.86. The van der Waals surface area contributed by atoms with E-state index in [2.05, 4.69) is 39.0 Å². The van der Waals surface area contributed by atoms with Crippen molar-refractivity contribution in [1.29, 1.82) is 0 Å². The number of nitrogens with zero attached hydrogens (tertiary/aromatic N) is 5. The summed E-state index contributed by atoms with van der Waals surface area (Å²) in [6.45, 7) is 12.4. The molecule has 0 amide bonds. The number of piperidine rings is 2. The molecule has 0 aromatic carbocycles. The Bertz CT molecular complexity index is 614. The fraction of sp³-hybridized carbons (Fsp3) is 0.750. The van der Waals surface area contributed by atoms with Crippen molar-refractivity contribution >= 4 is 17.4 Å². The van der Waals surface area contributed by atoms with Crippen LogP contribution < -0.4 is 0 Å². The highest BCUT2D eigenvalue weighted by Crippen LogP contribution is 2.30. The third-order valence-corrected chi connectivity index (χ3v) is 5.05. The van der Waals surface area contributed by atoms with Crippen molar-refractivity contribution in [3.63, 3.8) is 0 Å². The predicted octanol–water partition coefficient (Wildman–Crippen LogP) is 3.36. The molecule has 164 valence electrons. The maximum absolute atomic E-state index is 11.9. The van der Waals surface area contributed by atoms with Crippen LogP contribution in [0.4, 0.5) is 0 Å². The second-order valence-corrected chi connectivity index (χ2v) is 7.95. The lowest BCUT2D eigenvalue weighted by molar-refractivity contribution is -0.132. The summed E-state index contributed by atoms with van der Waals surface area (Å²) in [5.41, 5.74) is -0.499. The Hall–Kier alpha value is -2.13. The summed E-state index contributed by atoms with van der Waals surface area (Å²) in [6, 6.07) is 0. The minimum Gasteiger partial charge on any atom is -0.305 e. The van der Waals surface area contributed by atoms with Crippen LogP contribution in [0.1, 0.15) is 47.9 Å². The maximum atomic E-state index is 11.9. The van der Waals surface area contributed by atoms with E-state index in [1.165, 1.54) is 0 Å². The molecular weight excluding hydrogens is 374 g/mol. The van der Waals surface area contributed by atoms with Crippen LogP contribution in [0.3, 0.4) is 0 Å². The lowest BCUT2D eigenvalue weighted by atomic mass is 9.77. The standard InChI is InChI=1S/C10H16N4O3.C7H13NO.C3H6/c1-10(5-3-9(12-16)11-13-17)7-14(2)6-4-8(10)15;1-6-5-8(2)4-3-7(6)9;1-3-2/h3-7H2,1-2H3;6H,3-5H2,1-2H3;3H,1H2,2H3/p+1/b11-9-;;. The van der Waals surface area contributed by atoms with Crippen molar-refractivity contribution < 1.29 is 11.0 Å². The van der Waals surface area contributed by atoms with Crippen LogP contribution in [0.15, 0.2) is 28.2 Å². The minimum absolute atomic E-state index is 0. The highest BCUT2D eigenvalue weighted by atomic mass is 16.3. The smallest absolute Gasteiger partial charge is 0.305 e. The summed E-state index contributed by atoms with van der Waals surface area (Å²) in [4.78, 5) is 47.3. The van der Waals surface area contributed by atoms with Crippen LogP contribution in [0, 0.1) is 21.1 Å². The molecule has 0 spiro atoms. The number of amidine groups is 1. The molecule has 2 aliphatic heterocycles. The summed E-state index contributed by atoms with van der Waals surface area (Å²) >= 11 is 0. The van der Waals surface area contributed by atoms with Crippen LogP contribution in [-0.2, 0) is 9.59 Å². The van der Waals surface area contributed by atoms with Crippen molar-refractivity contribution in [2.45, 2.75) is 46.5 Å². The van der Waals surface area contributed by atoms with Crippen LogP contribution >= 0.6 is 0 Å². The van der Waals surface area contributed by atoms with Gasteiger partial charge in [0.05, 0.1) is 5.29 Å². The van der Waals surface area contributed by atoms with Gasteiger partial charge in [0.25, 0.3) is 0 Å². The zero-order chi connectivity index (χ0) is 22.4. The molecule has 0 radical (unpaired) electrons. The lowest BCUT2D eigenvalue weighted by Crippen LogP contribution is -2.46. The average Bonchev–Trinajstić information content (AvgIpc) is 2.66. The number of carbonyl (C=O) groups excluding carboxylic acids is 2. The van der Waals surface area contributed by atoms with Crippen LogP contribution in [-0.4, -0.2) is 67.5 Å². The van der Waals surface area contributed by atoms with Gasteiger partial charge >= 0.3 is 1.43 Å². The molecule has 0 aromatic heterocycles. The Balaban J connectivity index is 0. The van der Waals surface area contributed by atoms with Gasteiger partial charge in [0.1, 0.15) is 11.6 Å². The molecule has 0 aliphatic carbocycles. The van der Waals surface area contributed by atoms with E-state index in [-0.39, 0.29) is 25.4 Å². The molecule has 0 N–H and O–H groups in total. The van der Waals surface area contributed by atoms with Gasteiger partial charge in [-0.05, 0) is 32.6 Å². The SMILES string of the molecule is C=CC.CC1CN(C)CCC1=O.CN1CCC(=O)C(C)(CC/C(N=O)=N/N=O)C1.[H+]. The van der Waals surface area contributed by atoms with Crippen molar-refractivity contribution in [2.24, 2.45) is 26.9 Å². The first-order valence-corrected chi connectivity index (χ1v) is 9.86. The Kier molecular flexibility index (Phi) is 12.9. The molecule has 0 saturated carbocycles. The number of hydrogen-bond acceptors (Lipinski definition) is 7. The molecule has 9 heteroatoms. The zero-order valence-electron chi connectivity index (χ0n) is 19.4. The predicted molar refractivity (Wildman–Crippen MR) is 117 cm³/mol. The van der Waals surface area contributed by atoms with Gasteiger partial charge in [0.2, 0.25) is 0 Å². The van der Waals surface area contributed by atoms with E-state index in [4.69, 9.17) is 0 Å². The molecule has 2 fully saturated rings. The summed E-state index contributed by atoms with van der Waals surface area (Å²) < 4.78 is 0. The fourth-order valence-corrected chi connectivity index (χ4v) is 3.33. The second-order valence-electron chi connectivity index (χ2n) is 7.95. The Morgan fingerprint density at radius 2 is 1.83 bits per heavy atom. The molecule has 0 aromatic rings. The van der Waals surface area contributed by atoms with Gasteiger partial charge in [-0.25, -0.2) is 0 Å². The van der Waals surface area contributed by atoms with E-state index in [9.17, 15) is 19.4 Å². The largest absolute Gasteiger partial charge is 1.00 e. The van der Waals surface area contributed by atoms with Crippen molar-refractivity contribution in [3.8, 4) is 0 Å². The molecule has 9 nitrogen and oxygen atoms in total. The number of ketones is 2. The van der Waals surface area contributed by atoms with Gasteiger partial charge < -0.3 is 9.80 Å². The van der Waals surface area contributed by atoms with E-state index in [0.29, 0.717) is 25.2 Å². The van der Waals surface area contributed by atoms with E-state index in [1.54, 1.807) is 6.08 Å². The normalized spacial score (nSPS) is 25.8. The first kappa shape index (κ1) is 26.9. The maximum Gasteiger partial charge on any atom is 1.00 e. The zero-order valence-corrected chi connectivity index (χ0v) is 18.4. The number of likely N-dealkylation sites (tertiary alicyclic amines) is 2. The van der Waals surface area contributed by atoms with Gasteiger partial charge in [-0.3, -0.25) is 9.59 Å². The van der Waals surface area contributed by atoms with Gasteiger partial charge in [0, 0.05) is 56.8 Å². The van der Waals surface area contributed by atoms with E-state index >= 15 is 0 Å². The quantitative estimate of drug-likeness (QED) is 0.231. The van der Waals surface area contributed by atoms with Gasteiger partial charge in [0.15, 0.2) is 5.84 Å². The molecular formula is C20H36N5O4+. The van der Waals surface area contributed by atoms with Gasteiger partial charge in [-0.2, -0.15) is 0 Å². The van der Waals surface area contributed by atoms with E-state index < -0.39 is 5.41 Å².